The molecule has 2 aliphatic heterocycles. The molecule has 0 spiro atoms. The van der Waals surface area contributed by atoms with E-state index in [0.717, 1.165) is 0 Å². The molecule has 33 heavy (non-hydrogen) atoms. The van der Waals surface area contributed by atoms with Crippen molar-refractivity contribution in [2.24, 2.45) is 0 Å². The molecule has 0 atom stereocenters. The first-order valence-electron chi connectivity index (χ1n) is 9.43. The van der Waals surface area contributed by atoms with Gasteiger partial charge >= 0.3 is 0 Å². The van der Waals surface area contributed by atoms with E-state index < -0.39 is 0 Å². The van der Waals surface area contributed by atoms with Crippen molar-refractivity contribution in [2.45, 2.75) is 0 Å². The number of H-pyrrole nitrogens is 2. The second kappa shape index (κ2) is 8.30. The Morgan fingerprint density at radius 3 is 1.12 bits per heavy atom. The molecule has 1 radical (unpaired) electrons. The van der Waals surface area contributed by atoms with E-state index in [0.29, 0.717) is 50.4 Å². The summed E-state index contributed by atoms with van der Waals surface area (Å²) in [5.41, 5.74) is 4.71. The number of rotatable bonds is 0. The summed E-state index contributed by atoms with van der Waals surface area (Å²) in [6.07, 6.45) is 6.62. The molecule has 0 saturated heterocycles. The van der Waals surface area contributed by atoms with Gasteiger partial charge in [-0.05, 0) is 48.6 Å². The summed E-state index contributed by atoms with van der Waals surface area (Å²) in [5, 5.41) is 39.1. The maximum absolute atomic E-state index is 9.78. The standard InChI is InChI=1S/C24H10N8.Co/c25-9-13-17-1-2-18(29-17)14(10-26)20-5-6-22(31-20)16(12-28)24-8-7-23(32-24)15(11-27)21-4-3-19(13)30-21;/h1-8,29-30H;. The van der Waals surface area contributed by atoms with Gasteiger partial charge in [-0.15, -0.1) is 0 Å². The number of nitrogens with one attached hydrogen (secondary N) is 2. The number of fused-ring (bicyclic) bond motifs is 8. The molecule has 5 rings (SSSR count). The topological polar surface area (TPSA) is 153 Å². The second-order valence-corrected chi connectivity index (χ2v) is 6.95. The first-order chi connectivity index (χ1) is 15.7. The van der Waals surface area contributed by atoms with Gasteiger partial charge in [-0.3, -0.25) is 0 Å². The Labute approximate surface area is 197 Å². The van der Waals surface area contributed by atoms with Crippen molar-refractivity contribution in [1.29, 1.82) is 21.0 Å². The maximum atomic E-state index is 9.78. The molecule has 0 unspecified atom stereocenters. The summed E-state index contributed by atoms with van der Waals surface area (Å²) in [6.45, 7) is 0. The third-order valence-corrected chi connectivity index (χ3v) is 5.20. The van der Waals surface area contributed by atoms with Gasteiger partial charge in [-0.25, -0.2) is 9.97 Å². The van der Waals surface area contributed by atoms with Gasteiger partial charge in [-0.2, -0.15) is 21.0 Å². The molecule has 0 fully saturated rings. The molecule has 0 amide bonds. The zero-order chi connectivity index (χ0) is 22.2. The van der Waals surface area contributed by atoms with Crippen LogP contribution < -0.4 is 0 Å². The fourth-order valence-corrected chi connectivity index (χ4v) is 3.68. The number of nitrogens with zero attached hydrogens (tertiary/aromatic N) is 6. The molecule has 5 heterocycles. The average molecular weight is 469 g/mol. The van der Waals surface area contributed by atoms with Crippen LogP contribution in [0.4, 0.5) is 0 Å². The fraction of sp³-hybridized carbons (Fsp3) is 0. The summed E-state index contributed by atoms with van der Waals surface area (Å²) in [4.78, 5) is 15.2. The Hall–Kier alpha value is -4.93. The minimum Gasteiger partial charge on any atom is -0.353 e. The third-order valence-electron chi connectivity index (χ3n) is 5.20. The van der Waals surface area contributed by atoms with E-state index in [1.165, 1.54) is 0 Å². The zero-order valence-corrected chi connectivity index (χ0v) is 17.7. The van der Waals surface area contributed by atoms with Crippen molar-refractivity contribution in [1.82, 2.24) is 19.9 Å². The normalized spacial score (nSPS) is 11.0. The van der Waals surface area contributed by atoms with Crippen molar-refractivity contribution < 1.29 is 16.8 Å². The quantitative estimate of drug-likeness (QED) is 0.348. The van der Waals surface area contributed by atoms with Gasteiger partial charge in [0.25, 0.3) is 0 Å². The van der Waals surface area contributed by atoms with E-state index in [1.54, 1.807) is 48.6 Å². The molecule has 8 nitrogen and oxygen atoms in total. The smallest absolute Gasteiger partial charge is 0.104 e. The van der Waals surface area contributed by atoms with Gasteiger partial charge in [0.2, 0.25) is 0 Å². The molecule has 3 aromatic heterocycles. The Bertz CT molecular complexity index is 1610. The number of hydrogen-bond acceptors (Lipinski definition) is 6. The Morgan fingerprint density at radius 2 is 0.788 bits per heavy atom. The molecular weight excluding hydrogens is 459 g/mol. The van der Waals surface area contributed by atoms with Crippen molar-refractivity contribution in [3.05, 3.63) is 69.3 Å². The van der Waals surface area contributed by atoms with Gasteiger partial charge in [0.1, 0.15) is 41.0 Å². The number of hydrogen-bond donors (Lipinski definition) is 2. The van der Waals surface area contributed by atoms with Crippen LogP contribution in [0.2, 0.25) is 0 Å². The van der Waals surface area contributed by atoms with E-state index in [9.17, 15) is 21.0 Å². The third kappa shape index (κ3) is 3.37. The molecule has 2 aliphatic rings. The molecule has 3 aromatic rings. The van der Waals surface area contributed by atoms with Gasteiger partial charge in [0, 0.05) is 16.8 Å². The van der Waals surface area contributed by atoms with Crippen LogP contribution in [0.15, 0.2) is 24.3 Å². The molecule has 9 heteroatoms. The number of nitriles is 4. The largest absolute Gasteiger partial charge is 0.353 e. The zero-order valence-electron chi connectivity index (χ0n) is 16.6. The Kier molecular flexibility index (Phi) is 5.36. The summed E-state index contributed by atoms with van der Waals surface area (Å²) in [7, 11) is 0. The van der Waals surface area contributed by atoms with Crippen LogP contribution in [0.5, 0.6) is 0 Å². The monoisotopic (exact) mass is 469 g/mol. The number of aromatic nitrogens is 4. The van der Waals surface area contributed by atoms with Gasteiger partial charge in [0.15, 0.2) is 0 Å². The molecule has 0 aromatic carbocycles. The second-order valence-electron chi connectivity index (χ2n) is 6.95. The van der Waals surface area contributed by atoms with Crippen molar-refractivity contribution in [3.63, 3.8) is 0 Å². The predicted octanol–water partition coefficient (Wildman–Crippen LogP) is 4.14. The SMILES string of the molecule is N#Cc1c2nc(c(C#N)c3ccc([nH]3)c(C#N)c3ccc([nH]3)c(C#N)c3nc1C=C3)C=C2.[Co]. The average Bonchev–Trinajstić information content (AvgIpc) is 3.59. The molecule has 0 saturated carbocycles. The van der Waals surface area contributed by atoms with E-state index >= 15 is 0 Å². The summed E-state index contributed by atoms with van der Waals surface area (Å²) in [5.74, 6) is 0. The fourth-order valence-electron chi connectivity index (χ4n) is 3.68. The first kappa shape index (κ1) is 21.3. The Balaban J connectivity index is 0.00000259. The van der Waals surface area contributed by atoms with E-state index in [-0.39, 0.29) is 33.5 Å². The van der Waals surface area contributed by atoms with Crippen molar-refractivity contribution in [2.75, 3.05) is 0 Å². The van der Waals surface area contributed by atoms with Crippen LogP contribution in [-0.4, -0.2) is 19.9 Å². The molecule has 0 aliphatic carbocycles. The van der Waals surface area contributed by atoms with E-state index in [2.05, 4.69) is 44.2 Å². The predicted molar refractivity (Wildman–Crippen MR) is 118 cm³/mol. The van der Waals surface area contributed by atoms with E-state index in [1.807, 2.05) is 0 Å². The van der Waals surface area contributed by atoms with Crippen molar-refractivity contribution >= 4 is 46.4 Å². The van der Waals surface area contributed by atoms with Crippen molar-refractivity contribution in [3.8, 4) is 24.3 Å². The minimum absolute atomic E-state index is 0. The van der Waals surface area contributed by atoms with E-state index in [4.69, 9.17) is 0 Å². The van der Waals surface area contributed by atoms with Crippen LogP contribution in [-0.2, 0) is 16.8 Å². The Morgan fingerprint density at radius 1 is 0.485 bits per heavy atom. The molecular formula is C24H10CoN8. The van der Waals surface area contributed by atoms with Crippen LogP contribution in [0.25, 0.3) is 46.4 Å². The molecule has 8 bridgehead atoms. The van der Waals surface area contributed by atoms with Crippen LogP contribution in [0.3, 0.4) is 0 Å². The van der Waals surface area contributed by atoms with Gasteiger partial charge in [-0.1, -0.05) is 0 Å². The molecule has 155 valence electrons. The minimum atomic E-state index is 0. The maximum Gasteiger partial charge on any atom is 0.104 e. The van der Waals surface area contributed by atoms with Crippen LogP contribution in [0.1, 0.15) is 45.0 Å². The number of aromatic amines is 2. The van der Waals surface area contributed by atoms with Gasteiger partial charge in [0.05, 0.1) is 50.4 Å². The van der Waals surface area contributed by atoms with Crippen LogP contribution >= 0.6 is 0 Å². The summed E-state index contributed by atoms with van der Waals surface area (Å²) >= 11 is 0. The van der Waals surface area contributed by atoms with Gasteiger partial charge < -0.3 is 9.97 Å². The van der Waals surface area contributed by atoms with Crippen LogP contribution in [0, 0.1) is 45.3 Å². The first-order valence-corrected chi connectivity index (χ1v) is 9.43. The summed E-state index contributed by atoms with van der Waals surface area (Å²) < 4.78 is 0. The molecule has 2 N–H and O–H groups in total. The summed E-state index contributed by atoms with van der Waals surface area (Å²) in [6, 6.07) is 15.4.